The number of hydrogen-bond acceptors (Lipinski definition) is 2. The molecular formula is C17H20O2. The monoisotopic (exact) mass is 256 g/mol. The number of benzene rings is 1. The van der Waals surface area contributed by atoms with Crippen molar-refractivity contribution in [2.45, 2.75) is 19.1 Å². The summed E-state index contributed by atoms with van der Waals surface area (Å²) in [6.45, 7) is 5.84. The highest BCUT2D eigenvalue weighted by atomic mass is 16.5. The zero-order chi connectivity index (χ0) is 13.8. The molecule has 0 N–H and O–H groups in total. The zero-order valence-corrected chi connectivity index (χ0v) is 11.7. The Bertz CT molecular complexity index is 526. The predicted molar refractivity (Wildman–Crippen MR) is 78.9 cm³/mol. The normalized spacial score (nSPS) is 26.5. The second-order valence-corrected chi connectivity index (χ2v) is 4.46. The summed E-state index contributed by atoms with van der Waals surface area (Å²) in [5, 5.41) is 0. The highest BCUT2D eigenvalue weighted by Crippen LogP contribution is 2.43. The maximum atomic E-state index is 5.67. The topological polar surface area (TPSA) is 18.5 Å². The molecule has 2 atom stereocenters. The second-order valence-electron chi connectivity index (χ2n) is 4.46. The fourth-order valence-electron chi connectivity index (χ4n) is 2.76. The Morgan fingerprint density at radius 1 is 1.11 bits per heavy atom. The van der Waals surface area contributed by atoms with Crippen molar-refractivity contribution in [2.24, 2.45) is 0 Å². The maximum Gasteiger partial charge on any atom is 0.113 e. The zero-order valence-electron chi connectivity index (χ0n) is 11.7. The highest BCUT2D eigenvalue weighted by molar-refractivity contribution is 5.84. The molecule has 0 heterocycles. The van der Waals surface area contributed by atoms with E-state index in [0.29, 0.717) is 0 Å². The quantitative estimate of drug-likeness (QED) is 0.816. The van der Waals surface area contributed by atoms with Crippen molar-refractivity contribution in [3.8, 4) is 0 Å². The summed E-state index contributed by atoms with van der Waals surface area (Å²) in [4.78, 5) is 0. The van der Waals surface area contributed by atoms with Crippen molar-refractivity contribution < 1.29 is 9.47 Å². The van der Waals surface area contributed by atoms with Gasteiger partial charge in [0.2, 0.25) is 0 Å². The van der Waals surface area contributed by atoms with Gasteiger partial charge in [0.05, 0.1) is 0 Å². The van der Waals surface area contributed by atoms with Gasteiger partial charge in [0.15, 0.2) is 0 Å². The van der Waals surface area contributed by atoms with E-state index in [4.69, 9.17) is 9.47 Å². The first-order chi connectivity index (χ1) is 9.28. The van der Waals surface area contributed by atoms with Crippen LogP contribution < -0.4 is 0 Å². The first kappa shape index (κ1) is 13.8. The van der Waals surface area contributed by atoms with Crippen molar-refractivity contribution in [1.82, 2.24) is 0 Å². The minimum atomic E-state index is -0.107. The van der Waals surface area contributed by atoms with Crippen LogP contribution in [0.3, 0.4) is 0 Å². The van der Waals surface area contributed by atoms with Crippen LogP contribution in [0, 0.1) is 0 Å². The average Bonchev–Trinajstić information content (AvgIpc) is 2.46. The maximum absolute atomic E-state index is 5.67. The van der Waals surface area contributed by atoms with E-state index in [2.05, 4.69) is 24.8 Å². The van der Waals surface area contributed by atoms with Crippen molar-refractivity contribution in [2.75, 3.05) is 14.2 Å². The van der Waals surface area contributed by atoms with Gasteiger partial charge in [0.25, 0.3) is 0 Å². The average molecular weight is 256 g/mol. The van der Waals surface area contributed by atoms with Crippen LogP contribution in [0.4, 0.5) is 0 Å². The Kier molecular flexibility index (Phi) is 4.35. The Labute approximate surface area is 115 Å². The van der Waals surface area contributed by atoms with E-state index in [0.717, 1.165) is 5.57 Å². The van der Waals surface area contributed by atoms with Crippen LogP contribution >= 0.6 is 0 Å². The van der Waals surface area contributed by atoms with Crippen LogP contribution in [0.1, 0.15) is 24.2 Å². The molecule has 1 aromatic rings. The molecule has 0 bridgehead atoms. The van der Waals surface area contributed by atoms with E-state index in [1.807, 2.05) is 25.1 Å². The molecule has 0 saturated carbocycles. The lowest BCUT2D eigenvalue weighted by Gasteiger charge is -2.35. The summed E-state index contributed by atoms with van der Waals surface area (Å²) >= 11 is 0. The molecule has 0 aromatic heterocycles. The van der Waals surface area contributed by atoms with E-state index in [1.165, 1.54) is 16.7 Å². The minimum Gasteiger partial charge on any atom is -0.374 e. The van der Waals surface area contributed by atoms with Crippen LogP contribution in [0.25, 0.3) is 5.57 Å². The molecule has 0 radical (unpaired) electrons. The third-order valence-corrected chi connectivity index (χ3v) is 3.54. The van der Waals surface area contributed by atoms with Gasteiger partial charge < -0.3 is 9.47 Å². The van der Waals surface area contributed by atoms with E-state index in [-0.39, 0.29) is 12.2 Å². The van der Waals surface area contributed by atoms with E-state index in [1.54, 1.807) is 20.3 Å². The molecule has 0 aliphatic heterocycles. The SMILES string of the molecule is C=C/C=C1\C(=C/C)c2ccccc2C(OC)C1OC. The fourth-order valence-corrected chi connectivity index (χ4v) is 2.76. The molecule has 0 amide bonds. The van der Waals surface area contributed by atoms with Crippen molar-refractivity contribution in [1.29, 1.82) is 0 Å². The second kappa shape index (κ2) is 6.00. The summed E-state index contributed by atoms with van der Waals surface area (Å²) < 4.78 is 11.3. The smallest absolute Gasteiger partial charge is 0.113 e. The van der Waals surface area contributed by atoms with Crippen molar-refractivity contribution >= 4 is 5.57 Å². The molecular weight excluding hydrogens is 236 g/mol. The molecule has 1 aromatic carbocycles. The standard InChI is InChI=1S/C17H20O2/c1-5-9-14-12(6-2)13-10-7-8-11-15(13)17(19-4)16(14)18-3/h5-11,16-17H,1H2,2-4H3/b12-6-,14-9+. The third kappa shape index (κ3) is 2.29. The van der Waals surface area contributed by atoms with Gasteiger partial charge in [-0.15, -0.1) is 0 Å². The molecule has 2 rings (SSSR count). The molecule has 1 aliphatic rings. The van der Waals surface area contributed by atoms with Crippen molar-refractivity contribution in [3.63, 3.8) is 0 Å². The largest absolute Gasteiger partial charge is 0.374 e. The lowest BCUT2D eigenvalue weighted by atomic mass is 9.79. The molecule has 0 spiro atoms. The van der Waals surface area contributed by atoms with Crippen LogP contribution in [-0.4, -0.2) is 20.3 Å². The lowest BCUT2D eigenvalue weighted by Crippen LogP contribution is -2.30. The van der Waals surface area contributed by atoms with Gasteiger partial charge >= 0.3 is 0 Å². The van der Waals surface area contributed by atoms with Gasteiger partial charge in [0.1, 0.15) is 12.2 Å². The van der Waals surface area contributed by atoms with E-state index < -0.39 is 0 Å². The number of methoxy groups -OCH3 is 2. The van der Waals surface area contributed by atoms with Gasteiger partial charge in [-0.05, 0) is 29.2 Å². The van der Waals surface area contributed by atoms with Crippen molar-refractivity contribution in [3.05, 3.63) is 65.8 Å². The number of ether oxygens (including phenoxy) is 2. The van der Waals surface area contributed by atoms with Gasteiger partial charge in [-0.1, -0.05) is 49.1 Å². The van der Waals surface area contributed by atoms with Gasteiger partial charge in [0, 0.05) is 14.2 Å². The summed E-state index contributed by atoms with van der Waals surface area (Å²) in [6.07, 6.45) is 5.73. The molecule has 2 nitrogen and oxygen atoms in total. The number of rotatable bonds is 3. The molecule has 100 valence electrons. The number of fused-ring (bicyclic) bond motifs is 1. The molecule has 0 saturated heterocycles. The predicted octanol–water partition coefficient (Wildman–Crippen LogP) is 3.92. The van der Waals surface area contributed by atoms with Gasteiger partial charge in [-0.3, -0.25) is 0 Å². The number of hydrogen-bond donors (Lipinski definition) is 0. The van der Waals surface area contributed by atoms with Crippen LogP contribution in [0.15, 0.2) is 54.6 Å². The van der Waals surface area contributed by atoms with Gasteiger partial charge in [-0.2, -0.15) is 0 Å². The Hall–Kier alpha value is -1.64. The molecule has 0 fully saturated rings. The first-order valence-corrected chi connectivity index (χ1v) is 6.42. The summed E-state index contributed by atoms with van der Waals surface area (Å²) in [7, 11) is 3.44. The highest BCUT2D eigenvalue weighted by Gasteiger charge is 2.35. The fraction of sp³-hybridized carbons (Fsp3) is 0.294. The Balaban J connectivity index is 2.68. The van der Waals surface area contributed by atoms with Crippen LogP contribution in [0.5, 0.6) is 0 Å². The van der Waals surface area contributed by atoms with E-state index >= 15 is 0 Å². The van der Waals surface area contributed by atoms with E-state index in [9.17, 15) is 0 Å². The summed E-state index contributed by atoms with van der Waals surface area (Å²) in [5.74, 6) is 0. The Morgan fingerprint density at radius 2 is 1.79 bits per heavy atom. The Morgan fingerprint density at radius 3 is 2.37 bits per heavy atom. The number of allylic oxidation sites excluding steroid dienone is 3. The molecule has 1 aliphatic carbocycles. The third-order valence-electron chi connectivity index (χ3n) is 3.54. The van der Waals surface area contributed by atoms with Gasteiger partial charge in [-0.25, -0.2) is 0 Å². The van der Waals surface area contributed by atoms with Crippen LogP contribution in [0.2, 0.25) is 0 Å². The lowest BCUT2D eigenvalue weighted by molar-refractivity contribution is -0.0186. The molecule has 19 heavy (non-hydrogen) atoms. The molecule has 2 unspecified atom stereocenters. The summed E-state index contributed by atoms with van der Waals surface area (Å²) in [6, 6.07) is 8.31. The summed E-state index contributed by atoms with van der Waals surface area (Å²) in [5.41, 5.74) is 4.69. The van der Waals surface area contributed by atoms with Crippen LogP contribution in [-0.2, 0) is 9.47 Å². The molecule has 2 heteroatoms. The first-order valence-electron chi connectivity index (χ1n) is 6.42. The minimum absolute atomic E-state index is 0.0869.